The van der Waals surface area contributed by atoms with Gasteiger partial charge in [-0.3, -0.25) is 0 Å². The predicted molar refractivity (Wildman–Crippen MR) is 88.6 cm³/mol. The third-order valence-electron chi connectivity index (χ3n) is 3.63. The van der Waals surface area contributed by atoms with Crippen molar-refractivity contribution in [2.45, 2.75) is 0 Å². The van der Waals surface area contributed by atoms with Gasteiger partial charge in [-0.25, -0.2) is 0 Å². The number of aromatic nitrogens is 1. The Bertz CT molecular complexity index is 895. The van der Waals surface area contributed by atoms with Crippen LogP contribution >= 0.6 is 0 Å². The minimum Gasteiger partial charge on any atom is -0.455 e. The van der Waals surface area contributed by atoms with E-state index in [0.717, 1.165) is 28.1 Å². The fourth-order valence-electron chi connectivity index (χ4n) is 2.60. The molecule has 3 aromatic carbocycles. The lowest BCUT2D eigenvalue weighted by Crippen LogP contribution is -1.90. The molecule has 2 nitrogen and oxygen atoms in total. The normalized spacial score (nSPS) is 10.7. The minimum atomic E-state index is 0.815. The first-order chi connectivity index (χ1) is 10.9. The van der Waals surface area contributed by atoms with Crippen molar-refractivity contribution in [3.05, 3.63) is 91.1 Å². The summed E-state index contributed by atoms with van der Waals surface area (Å²) in [5.74, 6) is 1.67. The molecule has 1 heterocycles. The van der Waals surface area contributed by atoms with Gasteiger partial charge in [0, 0.05) is 11.1 Å². The first-order valence-electron chi connectivity index (χ1n) is 7.21. The van der Waals surface area contributed by atoms with E-state index in [-0.39, 0.29) is 0 Å². The Morgan fingerprint density at radius 1 is 0.773 bits per heavy atom. The molecule has 0 aliphatic heterocycles. The van der Waals surface area contributed by atoms with Crippen LogP contribution in [0.3, 0.4) is 0 Å². The highest BCUT2D eigenvalue weighted by Crippen LogP contribution is 2.33. The van der Waals surface area contributed by atoms with Gasteiger partial charge >= 0.3 is 0 Å². The van der Waals surface area contributed by atoms with Crippen molar-refractivity contribution in [1.82, 2.24) is 4.57 Å². The number of fused-ring (bicyclic) bond motifs is 1. The predicted octanol–water partition coefficient (Wildman–Crippen LogP) is 5.22. The molecule has 0 saturated heterocycles. The van der Waals surface area contributed by atoms with Gasteiger partial charge in [0.1, 0.15) is 5.75 Å². The molecule has 0 saturated carbocycles. The molecule has 0 atom stereocenters. The summed E-state index contributed by atoms with van der Waals surface area (Å²) in [5.41, 5.74) is 2.25. The van der Waals surface area contributed by atoms with Crippen LogP contribution in [-0.2, 0) is 0 Å². The highest BCUT2D eigenvalue weighted by Gasteiger charge is 2.10. The van der Waals surface area contributed by atoms with Crippen LogP contribution < -0.4 is 4.74 Å². The molecule has 0 amide bonds. The smallest absolute Gasteiger partial charge is 0.153 e. The number of nitrogens with zero attached hydrogens (tertiary/aromatic N) is 1. The van der Waals surface area contributed by atoms with Gasteiger partial charge in [-0.1, -0.05) is 42.5 Å². The van der Waals surface area contributed by atoms with Crippen LogP contribution in [0, 0.1) is 6.07 Å². The van der Waals surface area contributed by atoms with Crippen LogP contribution in [0.15, 0.2) is 85.1 Å². The van der Waals surface area contributed by atoms with Crippen molar-refractivity contribution >= 4 is 10.9 Å². The second kappa shape index (κ2) is 5.41. The standard InChI is InChI=1S/C20H14NO/c1-3-9-16(10-4-1)21-15-20(18-13-7-8-14-19(18)21)22-17-11-5-2-6-12-17/h1,3-15H. The largest absolute Gasteiger partial charge is 0.455 e. The Hall–Kier alpha value is -3.00. The summed E-state index contributed by atoms with van der Waals surface area (Å²) in [6.07, 6.45) is 2.04. The van der Waals surface area contributed by atoms with E-state index in [2.05, 4.69) is 34.9 Å². The molecule has 1 aromatic heterocycles. The van der Waals surface area contributed by atoms with Gasteiger partial charge in [-0.2, -0.15) is 0 Å². The first kappa shape index (κ1) is 12.7. The van der Waals surface area contributed by atoms with Gasteiger partial charge in [-0.15, -0.1) is 0 Å². The highest BCUT2D eigenvalue weighted by atomic mass is 16.5. The molecule has 1 radical (unpaired) electrons. The Morgan fingerprint density at radius 2 is 1.50 bits per heavy atom. The Morgan fingerprint density at radius 3 is 2.32 bits per heavy atom. The third kappa shape index (κ3) is 2.25. The van der Waals surface area contributed by atoms with Crippen LogP contribution in [0.1, 0.15) is 0 Å². The molecule has 0 aliphatic carbocycles. The maximum Gasteiger partial charge on any atom is 0.153 e. The lowest BCUT2D eigenvalue weighted by Gasteiger charge is -2.04. The SMILES string of the molecule is [c]1ccc(Oc2cn(-c3ccccc3)c3ccccc23)cc1. The molecule has 4 rings (SSSR count). The maximum atomic E-state index is 6.05. The minimum absolute atomic E-state index is 0.815. The number of benzene rings is 3. The van der Waals surface area contributed by atoms with Gasteiger partial charge in [0.25, 0.3) is 0 Å². The molecule has 0 N–H and O–H groups in total. The maximum absolute atomic E-state index is 6.05. The van der Waals surface area contributed by atoms with Crippen molar-refractivity contribution < 1.29 is 4.74 Å². The summed E-state index contributed by atoms with van der Waals surface area (Å²) >= 11 is 0. The molecular weight excluding hydrogens is 270 g/mol. The van der Waals surface area contributed by atoms with Crippen molar-refractivity contribution in [3.63, 3.8) is 0 Å². The molecule has 22 heavy (non-hydrogen) atoms. The Balaban J connectivity index is 1.86. The van der Waals surface area contributed by atoms with E-state index in [9.17, 15) is 0 Å². The van der Waals surface area contributed by atoms with E-state index >= 15 is 0 Å². The fourth-order valence-corrected chi connectivity index (χ4v) is 2.60. The van der Waals surface area contributed by atoms with E-state index in [4.69, 9.17) is 4.74 Å². The molecule has 0 aliphatic rings. The van der Waals surface area contributed by atoms with Crippen LogP contribution in [0.25, 0.3) is 16.6 Å². The molecule has 0 spiro atoms. The quantitative estimate of drug-likeness (QED) is 0.503. The van der Waals surface area contributed by atoms with Crippen molar-refractivity contribution in [3.8, 4) is 17.2 Å². The van der Waals surface area contributed by atoms with Crippen molar-refractivity contribution in [2.24, 2.45) is 0 Å². The number of ether oxygens (including phenoxy) is 1. The number of hydrogen-bond acceptors (Lipinski definition) is 1. The van der Waals surface area contributed by atoms with Gasteiger partial charge < -0.3 is 9.30 Å². The zero-order valence-corrected chi connectivity index (χ0v) is 11.9. The van der Waals surface area contributed by atoms with Crippen LogP contribution in [0.2, 0.25) is 0 Å². The highest BCUT2D eigenvalue weighted by molar-refractivity contribution is 5.88. The van der Waals surface area contributed by atoms with E-state index in [1.807, 2.05) is 60.8 Å². The molecule has 0 fully saturated rings. The van der Waals surface area contributed by atoms with E-state index in [1.165, 1.54) is 0 Å². The molecule has 4 aromatic rings. The van der Waals surface area contributed by atoms with Crippen molar-refractivity contribution in [1.29, 1.82) is 0 Å². The molecule has 0 unspecified atom stereocenters. The summed E-state index contributed by atoms with van der Waals surface area (Å²) in [6, 6.07) is 29.1. The molecule has 2 heteroatoms. The van der Waals surface area contributed by atoms with Gasteiger partial charge in [0.15, 0.2) is 5.75 Å². The van der Waals surface area contributed by atoms with Crippen molar-refractivity contribution in [2.75, 3.05) is 0 Å². The average molecular weight is 284 g/mol. The Labute approximate surface area is 129 Å². The number of para-hydroxylation sites is 2. The van der Waals surface area contributed by atoms with Crippen LogP contribution in [0.5, 0.6) is 11.5 Å². The summed E-state index contributed by atoms with van der Waals surface area (Å²) in [4.78, 5) is 0. The van der Waals surface area contributed by atoms with Crippen LogP contribution in [-0.4, -0.2) is 4.57 Å². The van der Waals surface area contributed by atoms with E-state index in [1.54, 1.807) is 0 Å². The summed E-state index contributed by atoms with van der Waals surface area (Å²) < 4.78 is 8.21. The lowest BCUT2D eigenvalue weighted by atomic mass is 10.2. The zero-order chi connectivity index (χ0) is 14.8. The summed E-state index contributed by atoms with van der Waals surface area (Å²) in [6.45, 7) is 0. The number of rotatable bonds is 3. The topological polar surface area (TPSA) is 14.2 Å². The van der Waals surface area contributed by atoms with Gasteiger partial charge in [-0.05, 0) is 42.5 Å². The molecule has 105 valence electrons. The lowest BCUT2D eigenvalue weighted by molar-refractivity contribution is 0.487. The fraction of sp³-hybridized carbons (Fsp3) is 0. The monoisotopic (exact) mass is 284 g/mol. The van der Waals surface area contributed by atoms with Crippen LogP contribution in [0.4, 0.5) is 0 Å². The second-order valence-electron chi connectivity index (χ2n) is 5.05. The first-order valence-corrected chi connectivity index (χ1v) is 7.21. The third-order valence-corrected chi connectivity index (χ3v) is 3.63. The average Bonchev–Trinajstić information content (AvgIpc) is 2.96. The molecule has 0 bridgehead atoms. The Kier molecular flexibility index (Phi) is 3.13. The van der Waals surface area contributed by atoms with Gasteiger partial charge in [0.2, 0.25) is 0 Å². The molecular formula is C20H14NO. The summed E-state index contributed by atoms with van der Waals surface area (Å²) in [5, 5.41) is 1.10. The number of hydrogen-bond donors (Lipinski definition) is 0. The van der Waals surface area contributed by atoms with E-state index in [0.29, 0.717) is 0 Å². The zero-order valence-electron chi connectivity index (χ0n) is 11.9. The summed E-state index contributed by atoms with van der Waals surface area (Å²) in [7, 11) is 0. The van der Waals surface area contributed by atoms with E-state index < -0.39 is 0 Å². The van der Waals surface area contributed by atoms with Gasteiger partial charge in [0.05, 0.1) is 11.7 Å². The second-order valence-corrected chi connectivity index (χ2v) is 5.05.